The average Bonchev–Trinajstić information content (AvgIpc) is 2.93. The van der Waals surface area contributed by atoms with E-state index < -0.39 is 0 Å². The Balaban J connectivity index is 2.10. The van der Waals surface area contributed by atoms with Crippen molar-refractivity contribution in [3.05, 3.63) is 47.5 Å². The Morgan fingerprint density at radius 3 is 2.71 bits per heavy atom. The second-order valence-corrected chi connectivity index (χ2v) is 4.73. The third kappa shape index (κ3) is 3.42. The van der Waals surface area contributed by atoms with Crippen LogP contribution >= 0.6 is 0 Å². The second-order valence-electron chi connectivity index (χ2n) is 4.73. The highest BCUT2D eigenvalue weighted by Gasteiger charge is 2.13. The fourth-order valence-electron chi connectivity index (χ4n) is 2.27. The van der Waals surface area contributed by atoms with Crippen molar-refractivity contribution in [2.45, 2.75) is 27.3 Å². The van der Waals surface area contributed by atoms with Gasteiger partial charge in [0.05, 0.1) is 11.8 Å². The lowest BCUT2D eigenvalue weighted by atomic mass is 10.2. The van der Waals surface area contributed by atoms with E-state index in [1.165, 1.54) is 6.26 Å². The molecule has 0 saturated carbocycles. The zero-order chi connectivity index (χ0) is 15.2. The predicted molar refractivity (Wildman–Crippen MR) is 82.4 cm³/mol. The van der Waals surface area contributed by atoms with E-state index in [0.717, 1.165) is 24.5 Å². The number of nitrogens with one attached hydrogen (secondary N) is 1. The van der Waals surface area contributed by atoms with Gasteiger partial charge < -0.3 is 14.6 Å². The fraction of sp³-hybridized carbons (Fsp3) is 0.375. The Morgan fingerprint density at radius 1 is 1.33 bits per heavy atom. The van der Waals surface area contributed by atoms with Gasteiger partial charge in [-0.2, -0.15) is 0 Å². The molecule has 5 nitrogen and oxygen atoms in total. The minimum Gasteiger partial charge on any atom is -0.469 e. The number of amides is 1. The number of aromatic nitrogens is 1. The molecule has 0 spiro atoms. The summed E-state index contributed by atoms with van der Waals surface area (Å²) in [6, 6.07) is 5.56. The molecule has 21 heavy (non-hydrogen) atoms. The number of rotatable bonds is 6. The highest BCUT2D eigenvalue weighted by atomic mass is 16.3. The lowest BCUT2D eigenvalue weighted by molar-refractivity contribution is 0.0949. The predicted octanol–water partition coefficient (Wildman–Crippen LogP) is 2.76. The van der Waals surface area contributed by atoms with Crippen molar-refractivity contribution in [2.24, 2.45) is 0 Å². The largest absolute Gasteiger partial charge is 0.469 e. The minimum absolute atomic E-state index is 0.129. The second kappa shape index (κ2) is 6.92. The van der Waals surface area contributed by atoms with Crippen molar-refractivity contribution in [1.29, 1.82) is 0 Å². The van der Waals surface area contributed by atoms with Gasteiger partial charge in [0.1, 0.15) is 11.6 Å². The lowest BCUT2D eigenvalue weighted by Crippen LogP contribution is -2.27. The number of carbonyl (C=O) groups excluding carboxylic acids is 1. The van der Waals surface area contributed by atoms with E-state index in [9.17, 15) is 4.79 Å². The summed E-state index contributed by atoms with van der Waals surface area (Å²) >= 11 is 0. The van der Waals surface area contributed by atoms with Crippen LogP contribution in [0.5, 0.6) is 0 Å². The molecule has 1 amide bonds. The van der Waals surface area contributed by atoms with Gasteiger partial charge in [-0.05, 0) is 32.9 Å². The molecular formula is C16H21N3O2. The SMILES string of the molecule is CCN(CC)c1ncccc1CNC(=O)c1ccoc1C. The number of carbonyl (C=O) groups is 1. The normalized spacial score (nSPS) is 10.4. The van der Waals surface area contributed by atoms with E-state index in [1.807, 2.05) is 12.1 Å². The summed E-state index contributed by atoms with van der Waals surface area (Å²) in [5, 5.41) is 2.92. The maximum atomic E-state index is 12.1. The first-order chi connectivity index (χ1) is 10.2. The Bertz CT molecular complexity index is 603. The summed E-state index contributed by atoms with van der Waals surface area (Å²) in [6.07, 6.45) is 3.30. The lowest BCUT2D eigenvalue weighted by Gasteiger charge is -2.22. The Kier molecular flexibility index (Phi) is 4.98. The molecule has 0 aliphatic carbocycles. The Hall–Kier alpha value is -2.30. The van der Waals surface area contributed by atoms with Crippen LogP contribution < -0.4 is 10.2 Å². The Morgan fingerprint density at radius 2 is 2.10 bits per heavy atom. The maximum Gasteiger partial charge on any atom is 0.255 e. The smallest absolute Gasteiger partial charge is 0.255 e. The third-order valence-corrected chi connectivity index (χ3v) is 3.47. The topological polar surface area (TPSA) is 58.4 Å². The van der Waals surface area contributed by atoms with Gasteiger partial charge in [-0.3, -0.25) is 4.79 Å². The summed E-state index contributed by atoms with van der Waals surface area (Å²) in [6.45, 7) is 8.18. The van der Waals surface area contributed by atoms with Gasteiger partial charge in [-0.15, -0.1) is 0 Å². The number of pyridine rings is 1. The molecule has 0 aliphatic heterocycles. The number of hydrogen-bond donors (Lipinski definition) is 1. The molecule has 2 rings (SSSR count). The molecule has 0 aliphatic rings. The van der Waals surface area contributed by atoms with Gasteiger partial charge in [0.15, 0.2) is 0 Å². The van der Waals surface area contributed by atoms with E-state index in [1.54, 1.807) is 19.2 Å². The van der Waals surface area contributed by atoms with Crippen LogP contribution in [0.25, 0.3) is 0 Å². The molecule has 0 radical (unpaired) electrons. The van der Waals surface area contributed by atoms with Crippen LogP contribution in [0.15, 0.2) is 35.1 Å². The first-order valence-corrected chi connectivity index (χ1v) is 7.18. The highest BCUT2D eigenvalue weighted by molar-refractivity contribution is 5.95. The molecule has 112 valence electrons. The molecular weight excluding hydrogens is 266 g/mol. The van der Waals surface area contributed by atoms with Crippen LogP contribution in [-0.2, 0) is 6.54 Å². The molecule has 0 saturated heterocycles. The first-order valence-electron chi connectivity index (χ1n) is 7.18. The van der Waals surface area contributed by atoms with Crippen LogP contribution in [0.2, 0.25) is 0 Å². The van der Waals surface area contributed by atoms with Crippen LogP contribution in [0.4, 0.5) is 5.82 Å². The molecule has 2 aromatic heterocycles. The maximum absolute atomic E-state index is 12.1. The van der Waals surface area contributed by atoms with Crippen LogP contribution in [0, 0.1) is 6.92 Å². The van der Waals surface area contributed by atoms with Gasteiger partial charge in [-0.25, -0.2) is 4.98 Å². The van der Waals surface area contributed by atoms with Crippen LogP contribution in [0.1, 0.15) is 35.5 Å². The third-order valence-electron chi connectivity index (χ3n) is 3.47. The van der Waals surface area contributed by atoms with Gasteiger partial charge in [0, 0.05) is 31.4 Å². The fourth-order valence-corrected chi connectivity index (χ4v) is 2.27. The van der Waals surface area contributed by atoms with E-state index in [-0.39, 0.29) is 5.91 Å². The monoisotopic (exact) mass is 287 g/mol. The van der Waals surface area contributed by atoms with E-state index in [2.05, 4.69) is 29.0 Å². The molecule has 1 N–H and O–H groups in total. The summed E-state index contributed by atoms with van der Waals surface area (Å²) in [7, 11) is 0. The first kappa shape index (κ1) is 15.1. The van der Waals surface area contributed by atoms with Crippen molar-refractivity contribution in [2.75, 3.05) is 18.0 Å². The minimum atomic E-state index is -0.129. The van der Waals surface area contributed by atoms with Crippen molar-refractivity contribution >= 4 is 11.7 Å². The number of aryl methyl sites for hydroxylation is 1. The van der Waals surface area contributed by atoms with Crippen LogP contribution in [-0.4, -0.2) is 24.0 Å². The summed E-state index contributed by atoms with van der Waals surface area (Å²) in [5.41, 5.74) is 1.58. The number of hydrogen-bond acceptors (Lipinski definition) is 4. The van der Waals surface area contributed by atoms with Crippen LogP contribution in [0.3, 0.4) is 0 Å². The van der Waals surface area contributed by atoms with Gasteiger partial charge in [0.2, 0.25) is 0 Å². The van der Waals surface area contributed by atoms with Gasteiger partial charge >= 0.3 is 0 Å². The van der Waals surface area contributed by atoms with Crippen molar-refractivity contribution < 1.29 is 9.21 Å². The van der Waals surface area contributed by atoms with Crippen molar-refractivity contribution in [3.8, 4) is 0 Å². The van der Waals surface area contributed by atoms with Gasteiger partial charge in [0.25, 0.3) is 5.91 Å². The molecule has 0 unspecified atom stereocenters. The number of nitrogens with zero attached hydrogens (tertiary/aromatic N) is 2. The standard InChI is InChI=1S/C16H21N3O2/c1-4-19(5-2)15-13(7-6-9-17-15)11-18-16(20)14-8-10-21-12(14)3/h6-10H,4-5,11H2,1-3H3,(H,18,20). The molecule has 5 heteroatoms. The van der Waals surface area contributed by atoms with Gasteiger partial charge in [-0.1, -0.05) is 6.07 Å². The van der Waals surface area contributed by atoms with E-state index in [4.69, 9.17) is 4.42 Å². The quantitative estimate of drug-likeness (QED) is 0.887. The van der Waals surface area contributed by atoms with E-state index >= 15 is 0 Å². The average molecular weight is 287 g/mol. The summed E-state index contributed by atoms with van der Waals surface area (Å²) in [4.78, 5) is 18.7. The summed E-state index contributed by atoms with van der Waals surface area (Å²) in [5.74, 6) is 1.42. The molecule has 0 bridgehead atoms. The molecule has 2 aromatic rings. The zero-order valence-electron chi connectivity index (χ0n) is 12.7. The molecule has 0 aromatic carbocycles. The number of anilines is 1. The highest BCUT2D eigenvalue weighted by Crippen LogP contribution is 2.17. The van der Waals surface area contributed by atoms with E-state index in [0.29, 0.717) is 17.9 Å². The molecule has 0 atom stereocenters. The van der Waals surface area contributed by atoms with Crippen molar-refractivity contribution in [3.63, 3.8) is 0 Å². The zero-order valence-corrected chi connectivity index (χ0v) is 12.7. The number of furan rings is 1. The van der Waals surface area contributed by atoms with Crippen molar-refractivity contribution in [1.82, 2.24) is 10.3 Å². The summed E-state index contributed by atoms with van der Waals surface area (Å²) < 4.78 is 5.15. The molecule has 2 heterocycles. The molecule has 0 fully saturated rings. The Labute approximate surface area is 125 Å².